The summed E-state index contributed by atoms with van der Waals surface area (Å²) < 4.78 is 0. The van der Waals surface area contributed by atoms with E-state index in [1.54, 1.807) is 11.8 Å². The summed E-state index contributed by atoms with van der Waals surface area (Å²) >= 11 is 7.77. The molecule has 0 atom stereocenters. The van der Waals surface area contributed by atoms with Crippen LogP contribution in [0.5, 0.6) is 0 Å². The number of thioether (sulfide) groups is 1. The van der Waals surface area contributed by atoms with Crippen molar-refractivity contribution < 1.29 is 0 Å². The first-order chi connectivity index (χ1) is 9.24. The predicted octanol–water partition coefficient (Wildman–Crippen LogP) is 3.49. The van der Waals surface area contributed by atoms with Gasteiger partial charge in [0, 0.05) is 16.2 Å². The number of aryl methyl sites for hydroxylation is 1. The lowest BCUT2D eigenvalue weighted by atomic mass is 10.2. The van der Waals surface area contributed by atoms with Crippen LogP contribution >= 0.6 is 23.4 Å². The molecular formula is C14H14ClN3S. The Hall–Kier alpha value is -1.26. The van der Waals surface area contributed by atoms with Crippen LogP contribution in [0.4, 0.5) is 5.82 Å². The molecule has 2 N–H and O–H groups in total. The van der Waals surface area contributed by atoms with Gasteiger partial charge in [0.1, 0.15) is 11.6 Å². The van der Waals surface area contributed by atoms with E-state index < -0.39 is 0 Å². The molecule has 1 heterocycles. The second-order valence-corrected chi connectivity index (χ2v) is 5.95. The second-order valence-electron chi connectivity index (χ2n) is 4.52. The summed E-state index contributed by atoms with van der Waals surface area (Å²) in [4.78, 5) is 10.0. The molecule has 1 aromatic carbocycles. The summed E-state index contributed by atoms with van der Waals surface area (Å²) in [6.45, 7) is 0. The highest BCUT2D eigenvalue weighted by Crippen LogP contribution is 2.30. The number of fused-ring (bicyclic) bond motifs is 1. The Labute approximate surface area is 121 Å². The highest BCUT2D eigenvalue weighted by atomic mass is 35.5. The van der Waals surface area contributed by atoms with Crippen molar-refractivity contribution in [2.75, 3.05) is 5.73 Å². The fraction of sp³-hybridized carbons (Fsp3) is 0.286. The topological polar surface area (TPSA) is 51.8 Å². The van der Waals surface area contributed by atoms with Crippen molar-refractivity contribution in [3.8, 4) is 0 Å². The summed E-state index contributed by atoms with van der Waals surface area (Å²) in [5.74, 6) is 2.14. The van der Waals surface area contributed by atoms with Gasteiger partial charge in [0.25, 0.3) is 0 Å². The van der Waals surface area contributed by atoms with Gasteiger partial charge < -0.3 is 5.73 Å². The predicted molar refractivity (Wildman–Crippen MR) is 79.5 cm³/mol. The third-order valence-corrected chi connectivity index (χ3v) is 4.72. The lowest BCUT2D eigenvalue weighted by Crippen LogP contribution is -2.04. The van der Waals surface area contributed by atoms with E-state index in [4.69, 9.17) is 17.3 Å². The average molecular weight is 292 g/mol. The maximum absolute atomic E-state index is 6.13. The first-order valence-electron chi connectivity index (χ1n) is 6.25. The molecule has 2 aromatic rings. The van der Waals surface area contributed by atoms with Gasteiger partial charge >= 0.3 is 0 Å². The maximum atomic E-state index is 6.13. The normalized spacial score (nSPS) is 13.5. The highest BCUT2D eigenvalue weighted by Gasteiger charge is 2.17. The zero-order valence-electron chi connectivity index (χ0n) is 10.4. The fourth-order valence-corrected chi connectivity index (χ4v) is 3.38. The summed E-state index contributed by atoms with van der Waals surface area (Å²) in [6.07, 6.45) is 3.17. The SMILES string of the molecule is Nc1nc(CSc2ccccc2Cl)nc2c1CCC2. The van der Waals surface area contributed by atoms with Gasteiger partial charge in [0.05, 0.1) is 10.8 Å². The van der Waals surface area contributed by atoms with Crippen molar-refractivity contribution in [3.05, 3.63) is 46.4 Å². The van der Waals surface area contributed by atoms with E-state index in [-0.39, 0.29) is 0 Å². The molecule has 0 bridgehead atoms. The highest BCUT2D eigenvalue weighted by molar-refractivity contribution is 7.98. The van der Waals surface area contributed by atoms with E-state index in [2.05, 4.69) is 9.97 Å². The molecule has 0 unspecified atom stereocenters. The molecule has 0 saturated heterocycles. The molecule has 5 heteroatoms. The molecule has 98 valence electrons. The van der Waals surface area contributed by atoms with Gasteiger partial charge in [-0.25, -0.2) is 9.97 Å². The van der Waals surface area contributed by atoms with Gasteiger partial charge in [-0.2, -0.15) is 0 Å². The van der Waals surface area contributed by atoms with Crippen molar-refractivity contribution in [2.24, 2.45) is 0 Å². The molecule has 19 heavy (non-hydrogen) atoms. The quantitative estimate of drug-likeness (QED) is 0.880. The number of hydrogen-bond acceptors (Lipinski definition) is 4. The van der Waals surface area contributed by atoms with Gasteiger partial charge in [-0.15, -0.1) is 11.8 Å². The van der Waals surface area contributed by atoms with E-state index in [0.29, 0.717) is 11.6 Å². The first kappa shape index (κ1) is 12.8. The minimum Gasteiger partial charge on any atom is -0.383 e. The van der Waals surface area contributed by atoms with Gasteiger partial charge in [-0.3, -0.25) is 0 Å². The number of nitrogens with zero attached hydrogens (tertiary/aromatic N) is 2. The van der Waals surface area contributed by atoms with Crippen LogP contribution in [-0.2, 0) is 18.6 Å². The van der Waals surface area contributed by atoms with Gasteiger partial charge in [0.2, 0.25) is 0 Å². The van der Waals surface area contributed by atoms with Gasteiger partial charge in [-0.05, 0) is 31.4 Å². The van der Waals surface area contributed by atoms with Crippen molar-refractivity contribution in [3.63, 3.8) is 0 Å². The van der Waals surface area contributed by atoms with Gasteiger partial charge in [-0.1, -0.05) is 23.7 Å². The van der Waals surface area contributed by atoms with E-state index in [0.717, 1.165) is 46.3 Å². The number of benzene rings is 1. The second kappa shape index (κ2) is 5.39. The van der Waals surface area contributed by atoms with Crippen molar-refractivity contribution in [2.45, 2.75) is 29.9 Å². The molecule has 0 radical (unpaired) electrons. The van der Waals surface area contributed by atoms with E-state index in [1.807, 2.05) is 24.3 Å². The Bertz CT molecular complexity index is 616. The monoisotopic (exact) mass is 291 g/mol. The van der Waals surface area contributed by atoms with E-state index in [1.165, 1.54) is 0 Å². The minimum atomic E-state index is 0.650. The Morgan fingerprint density at radius 3 is 2.89 bits per heavy atom. The van der Waals surface area contributed by atoms with E-state index >= 15 is 0 Å². The Morgan fingerprint density at radius 1 is 1.21 bits per heavy atom. The number of aromatic nitrogens is 2. The van der Waals surface area contributed by atoms with Crippen LogP contribution in [0.3, 0.4) is 0 Å². The molecule has 0 spiro atoms. The van der Waals surface area contributed by atoms with Crippen LogP contribution in [0.2, 0.25) is 5.02 Å². The van der Waals surface area contributed by atoms with E-state index in [9.17, 15) is 0 Å². The molecule has 0 amide bonds. The molecule has 3 rings (SSSR count). The fourth-order valence-electron chi connectivity index (χ4n) is 2.28. The Balaban J connectivity index is 1.78. The van der Waals surface area contributed by atoms with Crippen LogP contribution in [0.25, 0.3) is 0 Å². The van der Waals surface area contributed by atoms with Crippen LogP contribution in [0, 0.1) is 0 Å². The molecule has 3 nitrogen and oxygen atoms in total. The first-order valence-corrected chi connectivity index (χ1v) is 7.62. The summed E-state index contributed by atoms with van der Waals surface area (Å²) in [5.41, 5.74) is 8.26. The number of hydrogen-bond donors (Lipinski definition) is 1. The third kappa shape index (κ3) is 2.69. The minimum absolute atomic E-state index is 0.650. The molecule has 0 fully saturated rings. The molecular weight excluding hydrogens is 278 g/mol. The zero-order valence-corrected chi connectivity index (χ0v) is 12.0. The molecule has 1 aliphatic carbocycles. The summed E-state index contributed by atoms with van der Waals surface area (Å²) in [7, 11) is 0. The number of rotatable bonds is 3. The molecule has 1 aliphatic rings. The lowest BCUT2D eigenvalue weighted by molar-refractivity contribution is 0.893. The van der Waals surface area contributed by atoms with Crippen molar-refractivity contribution >= 4 is 29.2 Å². The Kier molecular flexibility index (Phi) is 3.62. The smallest absolute Gasteiger partial charge is 0.141 e. The zero-order chi connectivity index (χ0) is 13.2. The van der Waals surface area contributed by atoms with Crippen LogP contribution in [-0.4, -0.2) is 9.97 Å². The summed E-state index contributed by atoms with van der Waals surface area (Å²) in [5, 5.41) is 0.765. The average Bonchev–Trinajstić information content (AvgIpc) is 2.87. The number of halogens is 1. The number of nitrogens with two attached hydrogens (primary N) is 1. The maximum Gasteiger partial charge on any atom is 0.141 e. The van der Waals surface area contributed by atoms with Crippen LogP contribution in [0.1, 0.15) is 23.5 Å². The molecule has 1 aromatic heterocycles. The molecule has 0 aliphatic heterocycles. The number of nitrogen functional groups attached to an aromatic ring is 1. The van der Waals surface area contributed by atoms with Crippen LogP contribution in [0.15, 0.2) is 29.2 Å². The lowest BCUT2D eigenvalue weighted by Gasteiger charge is -2.07. The van der Waals surface area contributed by atoms with Crippen molar-refractivity contribution in [1.82, 2.24) is 9.97 Å². The Morgan fingerprint density at radius 2 is 2.05 bits per heavy atom. The largest absolute Gasteiger partial charge is 0.383 e. The third-order valence-electron chi connectivity index (χ3n) is 3.20. The molecule has 0 saturated carbocycles. The summed E-state index contributed by atoms with van der Waals surface area (Å²) in [6, 6.07) is 7.80. The van der Waals surface area contributed by atoms with Crippen molar-refractivity contribution in [1.29, 1.82) is 0 Å². The van der Waals surface area contributed by atoms with Gasteiger partial charge in [0.15, 0.2) is 0 Å². The van der Waals surface area contributed by atoms with Crippen LogP contribution < -0.4 is 5.73 Å². The number of anilines is 1. The standard InChI is InChI=1S/C14H14ClN3S/c15-10-5-1-2-7-12(10)19-8-13-17-11-6-3-4-9(11)14(16)18-13/h1-2,5,7H,3-4,6,8H2,(H2,16,17,18).